The lowest BCUT2D eigenvalue weighted by atomic mass is 9.81. The van der Waals surface area contributed by atoms with Crippen molar-refractivity contribution in [3.05, 3.63) is 0 Å². The molecule has 0 amide bonds. The van der Waals surface area contributed by atoms with Crippen molar-refractivity contribution in [1.29, 1.82) is 0 Å². The highest BCUT2D eigenvalue weighted by Gasteiger charge is 2.28. The van der Waals surface area contributed by atoms with Crippen molar-refractivity contribution in [3.63, 3.8) is 0 Å². The van der Waals surface area contributed by atoms with Crippen molar-refractivity contribution in [3.8, 4) is 0 Å². The van der Waals surface area contributed by atoms with Gasteiger partial charge in [-0.2, -0.15) is 0 Å². The minimum atomic E-state index is 0.252. The second-order valence-corrected chi connectivity index (χ2v) is 6.81. The SMILES string of the molecule is CC(C)(C)CC(C)(C)NC1CCCNC1. The zero-order valence-electron chi connectivity index (χ0n) is 11.1. The summed E-state index contributed by atoms with van der Waals surface area (Å²) >= 11 is 0. The topological polar surface area (TPSA) is 24.1 Å². The zero-order valence-corrected chi connectivity index (χ0v) is 11.1. The molecule has 90 valence electrons. The second kappa shape index (κ2) is 4.84. The summed E-state index contributed by atoms with van der Waals surface area (Å²) in [6.07, 6.45) is 3.85. The van der Waals surface area contributed by atoms with Crippen molar-refractivity contribution in [2.24, 2.45) is 5.41 Å². The van der Waals surface area contributed by atoms with Gasteiger partial charge in [0.05, 0.1) is 0 Å². The predicted octanol–water partition coefficient (Wildman–Crippen LogP) is 2.54. The first-order chi connectivity index (χ1) is 6.79. The lowest BCUT2D eigenvalue weighted by molar-refractivity contribution is 0.209. The summed E-state index contributed by atoms with van der Waals surface area (Å²) in [6, 6.07) is 0.663. The van der Waals surface area contributed by atoms with Crippen molar-refractivity contribution < 1.29 is 0 Å². The van der Waals surface area contributed by atoms with Crippen LogP contribution in [0.15, 0.2) is 0 Å². The van der Waals surface area contributed by atoms with Crippen LogP contribution in [0.5, 0.6) is 0 Å². The van der Waals surface area contributed by atoms with E-state index in [1.807, 2.05) is 0 Å². The molecule has 0 spiro atoms. The van der Waals surface area contributed by atoms with Gasteiger partial charge in [-0.05, 0) is 45.1 Å². The molecule has 0 radical (unpaired) electrons. The van der Waals surface area contributed by atoms with E-state index < -0.39 is 0 Å². The molecule has 1 saturated heterocycles. The third-order valence-electron chi connectivity index (χ3n) is 2.86. The maximum atomic E-state index is 3.79. The molecule has 1 fully saturated rings. The van der Waals surface area contributed by atoms with E-state index in [0.29, 0.717) is 11.5 Å². The van der Waals surface area contributed by atoms with Gasteiger partial charge in [0.25, 0.3) is 0 Å². The Bertz CT molecular complexity index is 185. The quantitative estimate of drug-likeness (QED) is 0.751. The van der Waals surface area contributed by atoms with Gasteiger partial charge in [-0.3, -0.25) is 0 Å². The van der Waals surface area contributed by atoms with Crippen LogP contribution < -0.4 is 10.6 Å². The predicted molar refractivity (Wildman–Crippen MR) is 67.2 cm³/mol. The zero-order chi connectivity index (χ0) is 11.5. The Morgan fingerprint density at radius 3 is 2.33 bits per heavy atom. The Hall–Kier alpha value is -0.0800. The number of hydrogen-bond donors (Lipinski definition) is 2. The molecule has 2 nitrogen and oxygen atoms in total. The molecule has 2 heteroatoms. The van der Waals surface area contributed by atoms with Gasteiger partial charge in [0.2, 0.25) is 0 Å². The van der Waals surface area contributed by atoms with E-state index >= 15 is 0 Å². The maximum Gasteiger partial charge on any atom is 0.0197 e. The van der Waals surface area contributed by atoms with E-state index in [1.54, 1.807) is 0 Å². The summed E-state index contributed by atoms with van der Waals surface area (Å²) < 4.78 is 0. The summed E-state index contributed by atoms with van der Waals surface area (Å²) in [4.78, 5) is 0. The van der Waals surface area contributed by atoms with Gasteiger partial charge in [-0.15, -0.1) is 0 Å². The van der Waals surface area contributed by atoms with E-state index in [1.165, 1.54) is 25.8 Å². The first-order valence-electron chi connectivity index (χ1n) is 6.27. The molecule has 1 heterocycles. The largest absolute Gasteiger partial charge is 0.315 e. The molecule has 1 aliphatic heterocycles. The highest BCUT2D eigenvalue weighted by molar-refractivity contribution is 4.88. The highest BCUT2D eigenvalue weighted by atomic mass is 15.0. The molecular formula is C13H28N2. The molecule has 1 aliphatic rings. The van der Waals surface area contributed by atoms with Crippen LogP contribution in [0.2, 0.25) is 0 Å². The fraction of sp³-hybridized carbons (Fsp3) is 1.00. The fourth-order valence-electron chi connectivity index (χ4n) is 2.90. The molecule has 0 saturated carbocycles. The van der Waals surface area contributed by atoms with Crippen LogP contribution >= 0.6 is 0 Å². The smallest absolute Gasteiger partial charge is 0.0197 e. The molecular weight excluding hydrogens is 184 g/mol. The molecule has 0 aromatic rings. The summed E-state index contributed by atoms with van der Waals surface area (Å²) in [5, 5.41) is 7.25. The van der Waals surface area contributed by atoms with Crippen molar-refractivity contribution in [1.82, 2.24) is 10.6 Å². The lowest BCUT2D eigenvalue weighted by Gasteiger charge is -2.38. The average Bonchev–Trinajstić information content (AvgIpc) is 1.99. The van der Waals surface area contributed by atoms with E-state index in [-0.39, 0.29) is 5.54 Å². The monoisotopic (exact) mass is 212 g/mol. The first-order valence-corrected chi connectivity index (χ1v) is 6.27. The summed E-state index contributed by atoms with van der Waals surface area (Å²) in [7, 11) is 0. The second-order valence-electron chi connectivity index (χ2n) is 6.81. The van der Waals surface area contributed by atoms with Gasteiger partial charge >= 0.3 is 0 Å². The maximum absolute atomic E-state index is 3.79. The molecule has 2 N–H and O–H groups in total. The summed E-state index contributed by atoms with van der Waals surface area (Å²) in [5.41, 5.74) is 0.653. The first kappa shape index (κ1) is 13.0. The molecule has 0 bridgehead atoms. The van der Waals surface area contributed by atoms with Crippen LogP contribution in [-0.2, 0) is 0 Å². The number of nitrogens with one attached hydrogen (secondary N) is 2. The summed E-state index contributed by atoms with van der Waals surface area (Å²) in [6.45, 7) is 13.9. The van der Waals surface area contributed by atoms with E-state index in [9.17, 15) is 0 Å². The summed E-state index contributed by atoms with van der Waals surface area (Å²) in [5.74, 6) is 0. The number of hydrogen-bond acceptors (Lipinski definition) is 2. The number of piperidine rings is 1. The van der Waals surface area contributed by atoms with Gasteiger partial charge in [-0.1, -0.05) is 20.8 Å². The molecule has 0 aromatic carbocycles. The van der Waals surface area contributed by atoms with Crippen LogP contribution in [0, 0.1) is 5.41 Å². The minimum absolute atomic E-state index is 0.252. The third kappa shape index (κ3) is 5.53. The van der Waals surface area contributed by atoms with Crippen molar-refractivity contribution in [2.45, 2.75) is 65.5 Å². The van der Waals surface area contributed by atoms with Gasteiger partial charge in [0.1, 0.15) is 0 Å². The van der Waals surface area contributed by atoms with Gasteiger partial charge < -0.3 is 10.6 Å². The molecule has 0 aliphatic carbocycles. The van der Waals surface area contributed by atoms with Gasteiger partial charge in [0, 0.05) is 18.1 Å². The molecule has 15 heavy (non-hydrogen) atoms. The van der Waals surface area contributed by atoms with Crippen LogP contribution in [0.25, 0.3) is 0 Å². The Balaban J connectivity index is 2.40. The van der Waals surface area contributed by atoms with Gasteiger partial charge in [0.15, 0.2) is 0 Å². The average molecular weight is 212 g/mol. The van der Waals surface area contributed by atoms with Crippen LogP contribution in [0.3, 0.4) is 0 Å². The van der Waals surface area contributed by atoms with Gasteiger partial charge in [-0.25, -0.2) is 0 Å². The lowest BCUT2D eigenvalue weighted by Crippen LogP contribution is -2.53. The Labute approximate surface area is 95.2 Å². The normalized spacial score (nSPS) is 24.2. The van der Waals surface area contributed by atoms with Crippen molar-refractivity contribution >= 4 is 0 Å². The third-order valence-corrected chi connectivity index (χ3v) is 2.86. The molecule has 1 rings (SSSR count). The highest BCUT2D eigenvalue weighted by Crippen LogP contribution is 2.27. The van der Waals surface area contributed by atoms with E-state index in [2.05, 4.69) is 45.3 Å². The Morgan fingerprint density at radius 1 is 1.20 bits per heavy atom. The van der Waals surface area contributed by atoms with Crippen LogP contribution in [0.4, 0.5) is 0 Å². The van der Waals surface area contributed by atoms with Crippen LogP contribution in [-0.4, -0.2) is 24.7 Å². The standard InChI is InChI=1S/C13H28N2/c1-12(2,3)10-13(4,5)15-11-7-6-8-14-9-11/h11,14-15H,6-10H2,1-5H3. The van der Waals surface area contributed by atoms with Crippen molar-refractivity contribution in [2.75, 3.05) is 13.1 Å². The Morgan fingerprint density at radius 2 is 1.87 bits per heavy atom. The van der Waals surface area contributed by atoms with E-state index in [4.69, 9.17) is 0 Å². The molecule has 1 unspecified atom stereocenters. The minimum Gasteiger partial charge on any atom is -0.315 e. The fourth-order valence-corrected chi connectivity index (χ4v) is 2.90. The van der Waals surface area contributed by atoms with E-state index in [0.717, 1.165) is 6.54 Å². The Kier molecular flexibility index (Phi) is 4.19. The number of rotatable bonds is 3. The van der Waals surface area contributed by atoms with Crippen LogP contribution in [0.1, 0.15) is 53.9 Å². The molecule has 1 atom stereocenters. The molecule has 0 aromatic heterocycles.